The number of carbonyl (C=O) groups excluding carboxylic acids is 2. The van der Waals surface area contributed by atoms with E-state index < -0.39 is 17.5 Å². The molecule has 0 heterocycles. The molecule has 2 rings (SSSR count). The average Bonchev–Trinajstić information content (AvgIpc) is 2.35. The maximum absolute atomic E-state index is 12.0. The molecule has 0 unspecified atom stereocenters. The topological polar surface area (TPSA) is 95.5 Å². The van der Waals surface area contributed by atoms with E-state index in [0.29, 0.717) is 24.1 Å². The summed E-state index contributed by atoms with van der Waals surface area (Å²) >= 11 is 0. The summed E-state index contributed by atoms with van der Waals surface area (Å²) in [5.74, 6) is -1.01. The molecule has 0 radical (unpaired) electrons. The van der Waals surface area contributed by atoms with Crippen molar-refractivity contribution in [3.8, 4) is 0 Å². The summed E-state index contributed by atoms with van der Waals surface area (Å²) < 4.78 is 0. The van der Waals surface area contributed by atoms with Crippen molar-refractivity contribution in [3.63, 3.8) is 0 Å². The first-order valence-corrected chi connectivity index (χ1v) is 6.82. The van der Waals surface area contributed by atoms with Crippen LogP contribution in [0.25, 0.3) is 0 Å². The Morgan fingerprint density at radius 3 is 2.52 bits per heavy atom. The lowest BCUT2D eigenvalue weighted by molar-refractivity contribution is -0.139. The van der Waals surface area contributed by atoms with Gasteiger partial charge < -0.3 is 15.7 Å². The van der Waals surface area contributed by atoms with Crippen molar-refractivity contribution in [1.29, 1.82) is 0 Å². The molecule has 1 aliphatic rings. The summed E-state index contributed by atoms with van der Waals surface area (Å²) in [7, 11) is 0. The van der Waals surface area contributed by atoms with Gasteiger partial charge in [0.25, 0.3) is 0 Å². The number of amides is 2. The average molecular weight is 290 g/mol. The third kappa shape index (κ3) is 3.81. The van der Waals surface area contributed by atoms with E-state index in [4.69, 9.17) is 5.11 Å². The Balaban J connectivity index is 1.99. The molecule has 112 valence electrons. The molecule has 6 nitrogen and oxygen atoms in total. The number of hydrogen-bond donors (Lipinski definition) is 3. The van der Waals surface area contributed by atoms with Crippen LogP contribution in [0.5, 0.6) is 0 Å². The van der Waals surface area contributed by atoms with Gasteiger partial charge in [-0.25, -0.2) is 4.79 Å². The van der Waals surface area contributed by atoms with Crippen molar-refractivity contribution >= 4 is 23.5 Å². The van der Waals surface area contributed by atoms with Crippen LogP contribution in [0.3, 0.4) is 0 Å². The van der Waals surface area contributed by atoms with Gasteiger partial charge in [-0.1, -0.05) is 12.1 Å². The minimum Gasteiger partial charge on any atom is -0.481 e. The minimum atomic E-state index is -0.923. The van der Waals surface area contributed by atoms with Crippen LogP contribution in [0, 0.1) is 0 Å². The first-order chi connectivity index (χ1) is 9.90. The van der Waals surface area contributed by atoms with Crippen LogP contribution in [-0.4, -0.2) is 28.4 Å². The predicted molar refractivity (Wildman–Crippen MR) is 77.4 cm³/mol. The molecule has 0 aromatic heterocycles. The van der Waals surface area contributed by atoms with E-state index in [1.807, 2.05) is 0 Å². The van der Waals surface area contributed by atoms with Gasteiger partial charge in [-0.2, -0.15) is 0 Å². The Bertz CT molecular complexity index is 579. The standard InChI is InChI=1S/C15H18N2O4/c1-10(18)11-4-2-5-12(8-11)16-14(21)17-15(6-3-7-15)9-13(19)20/h2,4-5,8H,3,6-7,9H2,1H3,(H,19,20)(H2,16,17,21). The van der Waals surface area contributed by atoms with Crippen molar-refractivity contribution < 1.29 is 19.5 Å². The highest BCUT2D eigenvalue weighted by molar-refractivity contribution is 5.96. The first kappa shape index (κ1) is 15.0. The van der Waals surface area contributed by atoms with Crippen molar-refractivity contribution in [2.45, 2.75) is 38.1 Å². The SMILES string of the molecule is CC(=O)c1cccc(NC(=O)NC2(CC(=O)O)CCC2)c1. The molecule has 1 aliphatic carbocycles. The van der Waals surface area contributed by atoms with E-state index >= 15 is 0 Å². The Hall–Kier alpha value is -2.37. The largest absolute Gasteiger partial charge is 0.481 e. The number of nitrogens with one attached hydrogen (secondary N) is 2. The zero-order valence-electron chi connectivity index (χ0n) is 11.8. The lowest BCUT2D eigenvalue weighted by Crippen LogP contribution is -2.55. The first-order valence-electron chi connectivity index (χ1n) is 6.82. The monoisotopic (exact) mass is 290 g/mol. The molecule has 3 N–H and O–H groups in total. The summed E-state index contributed by atoms with van der Waals surface area (Å²) in [5, 5.41) is 14.3. The maximum Gasteiger partial charge on any atom is 0.319 e. The van der Waals surface area contributed by atoms with E-state index in [0.717, 1.165) is 6.42 Å². The second-order valence-electron chi connectivity index (χ2n) is 5.42. The zero-order valence-corrected chi connectivity index (χ0v) is 11.8. The van der Waals surface area contributed by atoms with Gasteiger partial charge in [-0.05, 0) is 38.3 Å². The van der Waals surface area contributed by atoms with Gasteiger partial charge in [0.05, 0.1) is 12.0 Å². The number of urea groups is 1. The van der Waals surface area contributed by atoms with Gasteiger partial charge in [0, 0.05) is 11.3 Å². The van der Waals surface area contributed by atoms with E-state index in [1.54, 1.807) is 24.3 Å². The number of carboxylic acids is 1. The van der Waals surface area contributed by atoms with Crippen LogP contribution in [0.2, 0.25) is 0 Å². The van der Waals surface area contributed by atoms with Gasteiger partial charge in [0.15, 0.2) is 5.78 Å². The number of Topliss-reactive ketones (excluding diaryl/α,β-unsaturated/α-hetero) is 1. The highest BCUT2D eigenvalue weighted by Gasteiger charge is 2.40. The summed E-state index contributed by atoms with van der Waals surface area (Å²) in [6.45, 7) is 1.45. The van der Waals surface area contributed by atoms with Gasteiger partial charge in [0.1, 0.15) is 0 Å². The minimum absolute atomic E-state index is 0.0755. The molecule has 0 aliphatic heterocycles. The Kier molecular flexibility index (Phi) is 4.26. The number of benzene rings is 1. The molecule has 2 amide bonds. The molecule has 0 bridgehead atoms. The molecular formula is C15H18N2O4. The maximum atomic E-state index is 12.0. The molecule has 0 spiro atoms. The lowest BCUT2D eigenvalue weighted by atomic mass is 9.74. The number of anilines is 1. The molecule has 1 saturated carbocycles. The highest BCUT2D eigenvalue weighted by atomic mass is 16.4. The fourth-order valence-electron chi connectivity index (χ4n) is 2.46. The molecule has 21 heavy (non-hydrogen) atoms. The summed E-state index contributed by atoms with van der Waals surface area (Å²) in [6.07, 6.45) is 2.17. The molecule has 1 aromatic carbocycles. The Labute approximate surface area is 122 Å². The van der Waals surface area contributed by atoms with Crippen LogP contribution >= 0.6 is 0 Å². The van der Waals surface area contributed by atoms with Crippen molar-refractivity contribution in [1.82, 2.24) is 5.32 Å². The summed E-state index contributed by atoms with van der Waals surface area (Å²) in [5.41, 5.74) is 0.371. The fraction of sp³-hybridized carbons (Fsp3) is 0.400. The van der Waals surface area contributed by atoms with Crippen LogP contribution < -0.4 is 10.6 Å². The number of rotatable bonds is 5. The Morgan fingerprint density at radius 2 is 2.00 bits per heavy atom. The molecule has 0 saturated heterocycles. The fourth-order valence-corrected chi connectivity index (χ4v) is 2.46. The quantitative estimate of drug-likeness (QED) is 0.726. The van der Waals surface area contributed by atoms with Gasteiger partial charge >= 0.3 is 12.0 Å². The highest BCUT2D eigenvalue weighted by Crippen LogP contribution is 2.34. The number of aliphatic carboxylic acids is 1. The zero-order chi connectivity index (χ0) is 15.5. The summed E-state index contributed by atoms with van der Waals surface area (Å²) in [4.78, 5) is 34.1. The van der Waals surface area contributed by atoms with Gasteiger partial charge in [-0.3, -0.25) is 9.59 Å². The number of carboxylic acid groups (broad SMARTS) is 1. The lowest BCUT2D eigenvalue weighted by Gasteiger charge is -2.41. The van der Waals surface area contributed by atoms with E-state index in [-0.39, 0.29) is 12.2 Å². The second kappa shape index (κ2) is 5.95. The number of hydrogen-bond acceptors (Lipinski definition) is 3. The van der Waals surface area contributed by atoms with Crippen LogP contribution in [0.4, 0.5) is 10.5 Å². The molecule has 1 aromatic rings. The number of ketones is 1. The molecular weight excluding hydrogens is 272 g/mol. The Morgan fingerprint density at radius 1 is 1.29 bits per heavy atom. The normalized spacial score (nSPS) is 15.7. The molecule has 1 fully saturated rings. The van der Waals surface area contributed by atoms with E-state index in [1.165, 1.54) is 6.92 Å². The smallest absolute Gasteiger partial charge is 0.319 e. The summed E-state index contributed by atoms with van der Waals surface area (Å²) in [6, 6.07) is 6.17. The van der Waals surface area contributed by atoms with Crippen LogP contribution in [-0.2, 0) is 4.79 Å². The van der Waals surface area contributed by atoms with Crippen molar-refractivity contribution in [3.05, 3.63) is 29.8 Å². The van der Waals surface area contributed by atoms with Crippen molar-refractivity contribution in [2.24, 2.45) is 0 Å². The van der Waals surface area contributed by atoms with Crippen LogP contribution in [0.15, 0.2) is 24.3 Å². The second-order valence-corrected chi connectivity index (χ2v) is 5.42. The van der Waals surface area contributed by atoms with E-state index in [9.17, 15) is 14.4 Å². The van der Waals surface area contributed by atoms with E-state index in [2.05, 4.69) is 10.6 Å². The third-order valence-electron chi connectivity index (χ3n) is 3.71. The predicted octanol–water partition coefficient (Wildman–Crippen LogP) is 2.41. The van der Waals surface area contributed by atoms with Crippen molar-refractivity contribution in [2.75, 3.05) is 5.32 Å². The van der Waals surface area contributed by atoms with Crippen LogP contribution in [0.1, 0.15) is 43.0 Å². The number of carbonyl (C=O) groups is 3. The molecule has 0 atom stereocenters. The van der Waals surface area contributed by atoms with Gasteiger partial charge in [-0.15, -0.1) is 0 Å². The van der Waals surface area contributed by atoms with Gasteiger partial charge in [0.2, 0.25) is 0 Å². The third-order valence-corrected chi connectivity index (χ3v) is 3.71. The molecule has 6 heteroatoms.